The molecule has 1 aromatic rings. The number of carbonyl (C=O) groups excluding carboxylic acids is 1. The Balaban J connectivity index is 0.00000180. The number of aromatic nitrogens is 2. The highest BCUT2D eigenvalue weighted by Crippen LogP contribution is 2.27. The molecule has 0 radical (unpaired) electrons. The Morgan fingerprint density at radius 1 is 1.53 bits per heavy atom. The summed E-state index contributed by atoms with van der Waals surface area (Å²) < 4.78 is 2.54. The van der Waals surface area contributed by atoms with E-state index in [1.807, 2.05) is 12.3 Å². The number of piperidine rings is 1. The minimum absolute atomic E-state index is 0. The molecule has 1 amide bonds. The maximum absolute atomic E-state index is 12.5. The molecule has 2 heterocycles. The zero-order valence-electron chi connectivity index (χ0n) is 10.6. The van der Waals surface area contributed by atoms with Gasteiger partial charge in [0.05, 0.1) is 0 Å². The standard InChI is InChI=1S/C12H17BrN4O.ClH/c1-10(13)9-15-11(18)12(3-6-14-7-4-12)17-8-2-5-16-17;/h2,5,8,14H,1,3-4,6-7,9H2,(H,15,18);1H. The zero-order chi connectivity index (χ0) is 13.0. The van der Waals surface area contributed by atoms with E-state index in [-0.39, 0.29) is 18.3 Å². The molecule has 0 unspecified atom stereocenters. The van der Waals surface area contributed by atoms with Gasteiger partial charge in [-0.25, -0.2) is 0 Å². The Hall–Kier alpha value is -0.850. The lowest BCUT2D eigenvalue weighted by atomic mass is 9.87. The Labute approximate surface area is 127 Å². The average molecular weight is 350 g/mol. The quantitative estimate of drug-likeness (QED) is 0.864. The summed E-state index contributed by atoms with van der Waals surface area (Å²) in [6.45, 7) is 5.81. The molecular weight excluding hydrogens is 332 g/mol. The number of amides is 1. The summed E-state index contributed by atoms with van der Waals surface area (Å²) in [4.78, 5) is 12.5. The smallest absolute Gasteiger partial charge is 0.248 e. The van der Waals surface area contributed by atoms with Crippen molar-refractivity contribution in [2.75, 3.05) is 19.6 Å². The van der Waals surface area contributed by atoms with Crippen LogP contribution in [0.15, 0.2) is 29.5 Å². The van der Waals surface area contributed by atoms with Crippen LogP contribution in [0.5, 0.6) is 0 Å². The van der Waals surface area contributed by atoms with Gasteiger partial charge in [-0.2, -0.15) is 5.10 Å². The van der Waals surface area contributed by atoms with Gasteiger partial charge in [-0.3, -0.25) is 9.48 Å². The van der Waals surface area contributed by atoms with Crippen molar-refractivity contribution in [2.45, 2.75) is 18.4 Å². The van der Waals surface area contributed by atoms with Gasteiger partial charge in [0.2, 0.25) is 5.91 Å². The monoisotopic (exact) mass is 348 g/mol. The third-order valence-electron chi connectivity index (χ3n) is 3.24. The zero-order valence-corrected chi connectivity index (χ0v) is 13.0. The largest absolute Gasteiger partial charge is 0.349 e. The van der Waals surface area contributed by atoms with Crippen molar-refractivity contribution < 1.29 is 4.79 Å². The second-order valence-corrected chi connectivity index (χ2v) is 5.55. The first-order valence-electron chi connectivity index (χ1n) is 5.97. The molecule has 0 aromatic carbocycles. The number of nitrogens with one attached hydrogen (secondary N) is 2. The van der Waals surface area contributed by atoms with Crippen LogP contribution in [-0.4, -0.2) is 35.3 Å². The third kappa shape index (κ3) is 3.58. The SMILES string of the molecule is C=C(Br)CNC(=O)C1(n2cccn2)CCNCC1.Cl. The van der Waals surface area contributed by atoms with Crippen LogP contribution in [0, 0.1) is 0 Å². The third-order valence-corrected chi connectivity index (χ3v) is 3.52. The van der Waals surface area contributed by atoms with Crippen molar-refractivity contribution in [3.8, 4) is 0 Å². The van der Waals surface area contributed by atoms with Crippen molar-refractivity contribution in [3.63, 3.8) is 0 Å². The van der Waals surface area contributed by atoms with Crippen LogP contribution in [0.3, 0.4) is 0 Å². The van der Waals surface area contributed by atoms with Gasteiger partial charge in [0.25, 0.3) is 0 Å². The van der Waals surface area contributed by atoms with Crippen LogP contribution in [-0.2, 0) is 10.3 Å². The van der Waals surface area contributed by atoms with E-state index in [0.717, 1.165) is 30.4 Å². The molecule has 0 saturated carbocycles. The van der Waals surface area contributed by atoms with E-state index >= 15 is 0 Å². The topological polar surface area (TPSA) is 59.0 Å². The van der Waals surface area contributed by atoms with Gasteiger partial charge in [-0.05, 0) is 32.0 Å². The normalized spacial score (nSPS) is 17.3. The van der Waals surface area contributed by atoms with E-state index in [2.05, 4.69) is 38.2 Å². The number of nitrogens with zero attached hydrogens (tertiary/aromatic N) is 2. The average Bonchev–Trinajstić information content (AvgIpc) is 2.91. The Morgan fingerprint density at radius 3 is 2.74 bits per heavy atom. The van der Waals surface area contributed by atoms with Crippen LogP contribution in [0.25, 0.3) is 0 Å². The van der Waals surface area contributed by atoms with Crippen molar-refractivity contribution in [1.82, 2.24) is 20.4 Å². The second-order valence-electron chi connectivity index (χ2n) is 4.43. The summed E-state index contributed by atoms with van der Waals surface area (Å²) in [5, 5.41) is 10.4. The molecule has 0 aliphatic carbocycles. The van der Waals surface area contributed by atoms with Crippen molar-refractivity contribution in [2.24, 2.45) is 0 Å². The number of halogens is 2. The fourth-order valence-corrected chi connectivity index (χ4v) is 2.40. The fraction of sp³-hybridized carbons (Fsp3) is 0.500. The molecule has 0 atom stereocenters. The predicted molar refractivity (Wildman–Crippen MR) is 80.6 cm³/mol. The molecule has 1 aromatic heterocycles. The number of hydrogen-bond donors (Lipinski definition) is 2. The van der Waals surface area contributed by atoms with Crippen LogP contribution < -0.4 is 10.6 Å². The summed E-state index contributed by atoms with van der Waals surface area (Å²) in [7, 11) is 0. The summed E-state index contributed by atoms with van der Waals surface area (Å²) in [5.41, 5.74) is -0.572. The molecule has 1 saturated heterocycles. The number of carbonyl (C=O) groups is 1. The van der Waals surface area contributed by atoms with Crippen molar-refractivity contribution >= 4 is 34.2 Å². The Kier molecular flexibility index (Phi) is 6.03. The van der Waals surface area contributed by atoms with E-state index in [4.69, 9.17) is 0 Å². The predicted octanol–water partition coefficient (Wildman–Crippen LogP) is 1.41. The van der Waals surface area contributed by atoms with E-state index in [1.165, 1.54) is 0 Å². The molecule has 1 aliphatic heterocycles. The van der Waals surface area contributed by atoms with E-state index in [9.17, 15) is 4.79 Å². The molecule has 2 rings (SSSR count). The maximum atomic E-state index is 12.5. The molecule has 19 heavy (non-hydrogen) atoms. The number of hydrogen-bond acceptors (Lipinski definition) is 3. The van der Waals surface area contributed by atoms with Gasteiger partial charge in [0.1, 0.15) is 5.54 Å². The first-order valence-corrected chi connectivity index (χ1v) is 6.77. The van der Waals surface area contributed by atoms with Crippen molar-refractivity contribution in [3.05, 3.63) is 29.5 Å². The summed E-state index contributed by atoms with van der Waals surface area (Å²) >= 11 is 3.25. The van der Waals surface area contributed by atoms with Gasteiger partial charge >= 0.3 is 0 Å². The van der Waals surface area contributed by atoms with Crippen LogP contribution in [0.2, 0.25) is 0 Å². The van der Waals surface area contributed by atoms with E-state index in [0.29, 0.717) is 6.54 Å². The van der Waals surface area contributed by atoms with Gasteiger partial charge in [0, 0.05) is 23.4 Å². The summed E-state index contributed by atoms with van der Waals surface area (Å²) in [5.74, 6) is 0.00769. The molecular formula is C12H18BrClN4O. The maximum Gasteiger partial charge on any atom is 0.248 e. The van der Waals surface area contributed by atoms with Crippen LogP contribution in [0.4, 0.5) is 0 Å². The Bertz CT molecular complexity index is 429. The minimum atomic E-state index is -0.572. The molecule has 0 spiro atoms. The highest BCUT2D eigenvalue weighted by Gasteiger charge is 2.41. The molecule has 5 nitrogen and oxygen atoms in total. The van der Waals surface area contributed by atoms with Gasteiger partial charge < -0.3 is 10.6 Å². The molecule has 1 aliphatic rings. The molecule has 2 N–H and O–H groups in total. The second kappa shape index (κ2) is 7.07. The van der Waals surface area contributed by atoms with E-state index < -0.39 is 5.54 Å². The van der Waals surface area contributed by atoms with Crippen LogP contribution >= 0.6 is 28.3 Å². The van der Waals surface area contributed by atoms with Crippen molar-refractivity contribution in [1.29, 1.82) is 0 Å². The first kappa shape index (κ1) is 16.2. The highest BCUT2D eigenvalue weighted by molar-refractivity contribution is 9.11. The molecule has 1 fully saturated rings. The molecule has 106 valence electrons. The van der Waals surface area contributed by atoms with Crippen LogP contribution in [0.1, 0.15) is 12.8 Å². The lowest BCUT2D eigenvalue weighted by Gasteiger charge is -2.36. The van der Waals surface area contributed by atoms with Gasteiger partial charge in [0.15, 0.2) is 0 Å². The van der Waals surface area contributed by atoms with Gasteiger partial charge in [-0.1, -0.05) is 22.5 Å². The lowest BCUT2D eigenvalue weighted by molar-refractivity contribution is -0.131. The first-order chi connectivity index (χ1) is 8.65. The Morgan fingerprint density at radius 2 is 2.21 bits per heavy atom. The molecule has 0 bridgehead atoms. The summed E-state index contributed by atoms with van der Waals surface area (Å²) in [6, 6.07) is 1.85. The van der Waals surface area contributed by atoms with Gasteiger partial charge in [-0.15, -0.1) is 12.4 Å². The van der Waals surface area contributed by atoms with E-state index in [1.54, 1.807) is 10.9 Å². The lowest BCUT2D eigenvalue weighted by Crippen LogP contribution is -2.54. The molecule has 7 heteroatoms. The fourth-order valence-electron chi connectivity index (χ4n) is 2.26. The number of rotatable bonds is 4. The minimum Gasteiger partial charge on any atom is -0.349 e. The summed E-state index contributed by atoms with van der Waals surface area (Å²) in [6.07, 6.45) is 5.05. The highest BCUT2D eigenvalue weighted by atomic mass is 79.9.